The average Bonchev–Trinajstić information content (AvgIpc) is 2.42. The van der Waals surface area contributed by atoms with Crippen LogP contribution in [-0.2, 0) is 14.3 Å². The van der Waals surface area contributed by atoms with Gasteiger partial charge in [0.1, 0.15) is 5.60 Å². The van der Waals surface area contributed by atoms with Crippen LogP contribution >= 0.6 is 0 Å². The second-order valence-corrected chi connectivity index (χ2v) is 6.60. The fourth-order valence-corrected chi connectivity index (χ4v) is 2.07. The molecule has 3 N–H and O–H groups in total. The summed E-state index contributed by atoms with van der Waals surface area (Å²) in [6, 6.07) is 0. The van der Waals surface area contributed by atoms with E-state index < -0.39 is 23.1 Å². The van der Waals surface area contributed by atoms with Gasteiger partial charge in [-0.1, -0.05) is 13.8 Å². The van der Waals surface area contributed by atoms with Crippen LogP contribution in [0.15, 0.2) is 0 Å². The van der Waals surface area contributed by atoms with E-state index in [1.807, 2.05) is 0 Å². The van der Waals surface area contributed by atoms with Crippen LogP contribution in [0, 0.1) is 5.41 Å². The molecule has 0 atom stereocenters. The topological polar surface area (TPSA) is 105 Å². The Morgan fingerprint density at radius 1 is 1.00 bits per heavy atom. The fourth-order valence-electron chi connectivity index (χ4n) is 2.07. The molecule has 0 aliphatic carbocycles. The Bertz CT molecular complexity index is 411. The summed E-state index contributed by atoms with van der Waals surface area (Å²) in [5, 5.41) is 14.6. The molecule has 2 amide bonds. The summed E-state index contributed by atoms with van der Waals surface area (Å²) < 4.78 is 5.08. The zero-order chi connectivity index (χ0) is 18.1. The molecule has 7 nitrogen and oxygen atoms in total. The van der Waals surface area contributed by atoms with E-state index in [0.29, 0.717) is 32.4 Å². The van der Waals surface area contributed by atoms with Crippen molar-refractivity contribution in [3.8, 4) is 0 Å². The number of ether oxygens (including phenoxy) is 1. The molecule has 0 aromatic carbocycles. The number of hydrogen-bond acceptors (Lipinski definition) is 4. The Kier molecular flexibility index (Phi) is 8.64. The van der Waals surface area contributed by atoms with E-state index in [4.69, 9.17) is 4.74 Å². The first kappa shape index (κ1) is 21.2. The highest BCUT2D eigenvalue weighted by Crippen LogP contribution is 2.30. The first-order valence-corrected chi connectivity index (χ1v) is 8.03. The lowest BCUT2D eigenvalue weighted by Gasteiger charge is -2.25. The maximum absolute atomic E-state index is 11.9. The number of alkyl carbamates (subject to hydrolysis) is 1. The zero-order valence-corrected chi connectivity index (χ0v) is 14.8. The molecular formula is C16H30N2O5. The summed E-state index contributed by atoms with van der Waals surface area (Å²) in [4.78, 5) is 34.6. The summed E-state index contributed by atoms with van der Waals surface area (Å²) in [6.45, 7) is 9.64. The van der Waals surface area contributed by atoms with Gasteiger partial charge in [0.05, 0.1) is 5.41 Å². The van der Waals surface area contributed by atoms with Gasteiger partial charge >= 0.3 is 12.1 Å². The number of hydrogen-bond donors (Lipinski definition) is 3. The summed E-state index contributed by atoms with van der Waals surface area (Å²) in [6.07, 6.45) is 0.836. The van der Waals surface area contributed by atoms with E-state index >= 15 is 0 Å². The van der Waals surface area contributed by atoms with Crippen LogP contribution in [0.2, 0.25) is 0 Å². The number of carboxylic acids is 1. The molecule has 0 saturated carbocycles. The van der Waals surface area contributed by atoms with E-state index in [1.54, 1.807) is 34.6 Å². The van der Waals surface area contributed by atoms with E-state index in [9.17, 15) is 19.5 Å². The molecule has 134 valence electrons. The van der Waals surface area contributed by atoms with Gasteiger partial charge in [0.2, 0.25) is 5.91 Å². The third-order valence-electron chi connectivity index (χ3n) is 3.65. The number of carbonyl (C=O) groups excluding carboxylic acids is 2. The minimum absolute atomic E-state index is 0.0329. The zero-order valence-electron chi connectivity index (χ0n) is 14.8. The lowest BCUT2D eigenvalue weighted by Crippen LogP contribution is -2.38. The van der Waals surface area contributed by atoms with Gasteiger partial charge in [-0.05, 0) is 40.0 Å². The van der Waals surface area contributed by atoms with E-state index in [1.165, 1.54) is 0 Å². The molecule has 0 aromatic rings. The van der Waals surface area contributed by atoms with Gasteiger partial charge in [0.25, 0.3) is 0 Å². The summed E-state index contributed by atoms with van der Waals surface area (Å²) in [7, 11) is 0. The Labute approximate surface area is 138 Å². The minimum atomic E-state index is -1.00. The highest BCUT2D eigenvalue weighted by Gasteiger charge is 2.36. The van der Waals surface area contributed by atoms with Crippen molar-refractivity contribution in [3.05, 3.63) is 0 Å². The van der Waals surface area contributed by atoms with Crippen molar-refractivity contribution >= 4 is 18.0 Å². The van der Waals surface area contributed by atoms with E-state index in [0.717, 1.165) is 0 Å². The average molecular weight is 330 g/mol. The molecule has 0 fully saturated rings. The van der Waals surface area contributed by atoms with Crippen molar-refractivity contribution in [1.29, 1.82) is 0 Å². The van der Waals surface area contributed by atoms with Crippen molar-refractivity contribution in [1.82, 2.24) is 10.6 Å². The maximum atomic E-state index is 11.9. The van der Waals surface area contributed by atoms with Crippen molar-refractivity contribution < 1.29 is 24.2 Å². The molecule has 0 spiro atoms. The third-order valence-corrected chi connectivity index (χ3v) is 3.65. The summed E-state index contributed by atoms with van der Waals surface area (Å²) in [5.74, 6) is -1.22. The molecule has 0 bridgehead atoms. The molecular weight excluding hydrogens is 300 g/mol. The molecule has 0 heterocycles. The Morgan fingerprint density at radius 2 is 1.52 bits per heavy atom. The van der Waals surface area contributed by atoms with Crippen molar-refractivity contribution in [3.63, 3.8) is 0 Å². The molecule has 0 saturated heterocycles. The van der Waals surface area contributed by atoms with Crippen molar-refractivity contribution in [2.75, 3.05) is 13.1 Å². The summed E-state index contributed by atoms with van der Waals surface area (Å²) >= 11 is 0. The molecule has 7 heteroatoms. The second kappa shape index (κ2) is 9.37. The molecule has 0 aliphatic rings. The first-order valence-electron chi connectivity index (χ1n) is 8.03. The van der Waals surface area contributed by atoms with Gasteiger partial charge in [-0.25, -0.2) is 4.79 Å². The number of amides is 2. The highest BCUT2D eigenvalue weighted by atomic mass is 16.6. The van der Waals surface area contributed by atoms with Gasteiger partial charge < -0.3 is 20.5 Å². The fraction of sp³-hybridized carbons (Fsp3) is 0.812. The highest BCUT2D eigenvalue weighted by molar-refractivity contribution is 5.84. The smallest absolute Gasteiger partial charge is 0.407 e. The second-order valence-electron chi connectivity index (χ2n) is 6.60. The van der Waals surface area contributed by atoms with Crippen molar-refractivity contribution in [2.24, 2.45) is 5.41 Å². The van der Waals surface area contributed by atoms with Crippen LogP contribution < -0.4 is 10.6 Å². The number of rotatable bonds is 9. The number of carboxylic acid groups (broad SMARTS) is 1. The molecule has 0 radical (unpaired) electrons. The lowest BCUT2D eigenvalue weighted by atomic mass is 9.79. The van der Waals surface area contributed by atoms with Crippen LogP contribution in [0.1, 0.15) is 60.3 Å². The number of carbonyl (C=O) groups is 3. The third kappa shape index (κ3) is 8.42. The maximum Gasteiger partial charge on any atom is 0.407 e. The van der Waals surface area contributed by atoms with Crippen LogP contribution in [0.25, 0.3) is 0 Å². The first-order chi connectivity index (χ1) is 10.6. The van der Waals surface area contributed by atoms with Crippen LogP contribution in [0.5, 0.6) is 0 Å². The molecule has 0 aliphatic heterocycles. The number of nitrogens with one attached hydrogen (secondary N) is 2. The predicted octanol–water partition coefficient (Wildman–Crippen LogP) is 2.30. The van der Waals surface area contributed by atoms with Gasteiger partial charge in [-0.2, -0.15) is 0 Å². The quantitative estimate of drug-likeness (QED) is 0.563. The van der Waals surface area contributed by atoms with Crippen molar-refractivity contribution in [2.45, 2.75) is 65.9 Å². The molecule has 0 unspecified atom stereocenters. The Hall–Kier alpha value is -1.79. The Morgan fingerprint density at radius 3 is 1.96 bits per heavy atom. The van der Waals surface area contributed by atoms with E-state index in [-0.39, 0.29) is 12.3 Å². The monoisotopic (exact) mass is 330 g/mol. The van der Waals surface area contributed by atoms with Gasteiger partial charge in [-0.15, -0.1) is 0 Å². The number of aliphatic carboxylic acids is 1. The molecule has 23 heavy (non-hydrogen) atoms. The minimum Gasteiger partial charge on any atom is -0.481 e. The SMILES string of the molecule is CCC(CC)(CC(=O)NCCCNC(=O)OC(C)(C)C)C(=O)O. The lowest BCUT2D eigenvalue weighted by molar-refractivity contribution is -0.152. The normalized spacial score (nSPS) is 11.7. The predicted molar refractivity (Wildman–Crippen MR) is 87.1 cm³/mol. The molecule has 0 rings (SSSR count). The standard InChI is InChI=1S/C16H30N2O5/c1-6-16(7-2,13(20)21)11-12(19)17-9-8-10-18-14(22)23-15(3,4)5/h6-11H2,1-5H3,(H,17,19)(H,18,22)(H,20,21). The Balaban J connectivity index is 4.04. The van der Waals surface area contributed by atoms with Gasteiger partial charge in [-0.3, -0.25) is 9.59 Å². The van der Waals surface area contributed by atoms with E-state index in [2.05, 4.69) is 10.6 Å². The summed E-state index contributed by atoms with van der Waals surface area (Å²) in [5.41, 5.74) is -1.54. The van der Waals surface area contributed by atoms with Gasteiger partial charge in [0.15, 0.2) is 0 Å². The largest absolute Gasteiger partial charge is 0.481 e. The van der Waals surface area contributed by atoms with Crippen LogP contribution in [-0.4, -0.2) is 41.8 Å². The van der Waals surface area contributed by atoms with Gasteiger partial charge in [0, 0.05) is 19.5 Å². The van der Waals surface area contributed by atoms with Crippen LogP contribution in [0.4, 0.5) is 4.79 Å². The van der Waals surface area contributed by atoms with Crippen LogP contribution in [0.3, 0.4) is 0 Å². The molecule has 0 aromatic heterocycles.